The first kappa shape index (κ1) is 16.4. The summed E-state index contributed by atoms with van der Waals surface area (Å²) in [5.74, 6) is 3.03. The molecule has 2 aromatic rings. The predicted molar refractivity (Wildman–Crippen MR) is 84.7 cm³/mol. The molecule has 0 aliphatic carbocycles. The van der Waals surface area contributed by atoms with Crippen molar-refractivity contribution in [1.29, 1.82) is 0 Å². The number of nitrogens with one attached hydrogen (secondary N) is 1. The lowest BCUT2D eigenvalue weighted by Crippen LogP contribution is -2.18. The van der Waals surface area contributed by atoms with Crippen LogP contribution in [0.4, 0.5) is 5.82 Å². The average Bonchev–Trinajstić information content (AvgIpc) is 2.75. The average molecular weight is 304 g/mol. The third-order valence-corrected chi connectivity index (χ3v) is 3.24. The molecule has 22 heavy (non-hydrogen) atoms. The number of aryl methyl sites for hydroxylation is 2. The van der Waals surface area contributed by atoms with Crippen LogP contribution < -0.4 is 5.32 Å². The number of hydrogen-bond donors (Lipinski definition) is 1. The lowest BCUT2D eigenvalue weighted by Gasteiger charge is -2.18. The minimum absolute atomic E-state index is 0.129. The monoisotopic (exact) mass is 304 g/mol. The van der Waals surface area contributed by atoms with E-state index >= 15 is 0 Å². The summed E-state index contributed by atoms with van der Waals surface area (Å²) < 4.78 is 10.8. The van der Waals surface area contributed by atoms with Crippen LogP contribution in [0.25, 0.3) is 0 Å². The van der Waals surface area contributed by atoms with E-state index in [1.54, 1.807) is 7.11 Å². The smallest absolute Gasteiger partial charge is 0.213 e. The minimum Gasteiger partial charge on any atom is -0.444 e. The Morgan fingerprint density at radius 2 is 1.91 bits per heavy atom. The van der Waals surface area contributed by atoms with Crippen molar-refractivity contribution >= 4 is 5.82 Å². The zero-order chi connectivity index (χ0) is 16.3. The van der Waals surface area contributed by atoms with Crippen molar-refractivity contribution in [3.8, 4) is 0 Å². The van der Waals surface area contributed by atoms with Crippen LogP contribution in [0.3, 0.4) is 0 Å². The summed E-state index contributed by atoms with van der Waals surface area (Å²) in [6.45, 7) is 11.0. The highest BCUT2D eigenvalue weighted by atomic mass is 16.5. The van der Waals surface area contributed by atoms with Gasteiger partial charge in [0, 0.05) is 18.6 Å². The Labute approximate surface area is 131 Å². The van der Waals surface area contributed by atoms with E-state index in [4.69, 9.17) is 9.15 Å². The molecule has 0 aromatic carbocycles. The molecule has 0 spiro atoms. The fourth-order valence-electron chi connectivity index (χ4n) is 1.93. The van der Waals surface area contributed by atoms with E-state index in [1.165, 1.54) is 0 Å². The van der Waals surface area contributed by atoms with Crippen LogP contribution in [0.2, 0.25) is 0 Å². The van der Waals surface area contributed by atoms with Crippen LogP contribution in [0.1, 0.15) is 49.6 Å². The molecule has 0 amide bonds. The first-order valence-electron chi connectivity index (χ1n) is 7.33. The highest BCUT2D eigenvalue weighted by Gasteiger charge is 2.19. The second kappa shape index (κ2) is 6.44. The molecule has 6 heteroatoms. The van der Waals surface area contributed by atoms with Gasteiger partial charge in [0.15, 0.2) is 0 Å². The van der Waals surface area contributed by atoms with Gasteiger partial charge in [-0.05, 0) is 13.8 Å². The molecular formula is C16H24N4O2. The third-order valence-electron chi connectivity index (χ3n) is 3.24. The molecule has 120 valence electrons. The van der Waals surface area contributed by atoms with Gasteiger partial charge in [-0.2, -0.15) is 0 Å². The zero-order valence-corrected chi connectivity index (χ0v) is 14.1. The van der Waals surface area contributed by atoms with Gasteiger partial charge in [-0.3, -0.25) is 0 Å². The summed E-state index contributed by atoms with van der Waals surface area (Å²) in [6.07, 6.45) is 0. The molecular weight excluding hydrogens is 280 g/mol. The van der Waals surface area contributed by atoms with Gasteiger partial charge >= 0.3 is 0 Å². The van der Waals surface area contributed by atoms with E-state index in [0.717, 1.165) is 28.8 Å². The maximum absolute atomic E-state index is 5.57. The minimum atomic E-state index is -0.129. The van der Waals surface area contributed by atoms with E-state index < -0.39 is 0 Å². The lowest BCUT2D eigenvalue weighted by molar-refractivity contribution is 0.181. The molecule has 1 N–H and O–H groups in total. The second-order valence-electron chi connectivity index (χ2n) is 6.35. The van der Waals surface area contributed by atoms with Crippen LogP contribution >= 0.6 is 0 Å². The normalized spacial score (nSPS) is 11.7. The molecule has 0 saturated heterocycles. The first-order valence-corrected chi connectivity index (χ1v) is 7.33. The van der Waals surface area contributed by atoms with Crippen LogP contribution in [0.5, 0.6) is 0 Å². The molecule has 0 atom stereocenters. The van der Waals surface area contributed by atoms with Crippen molar-refractivity contribution in [2.24, 2.45) is 0 Å². The van der Waals surface area contributed by atoms with Gasteiger partial charge in [0.25, 0.3) is 0 Å². The lowest BCUT2D eigenvalue weighted by atomic mass is 9.95. The van der Waals surface area contributed by atoms with Gasteiger partial charge < -0.3 is 14.5 Å². The summed E-state index contributed by atoms with van der Waals surface area (Å²) in [7, 11) is 1.66. The van der Waals surface area contributed by atoms with Crippen molar-refractivity contribution in [3.05, 3.63) is 34.9 Å². The van der Waals surface area contributed by atoms with Crippen LogP contribution in [-0.4, -0.2) is 22.1 Å². The Hall–Kier alpha value is -1.95. The fraction of sp³-hybridized carbons (Fsp3) is 0.562. The molecule has 2 heterocycles. The first-order chi connectivity index (χ1) is 10.3. The highest BCUT2D eigenvalue weighted by molar-refractivity contribution is 5.37. The van der Waals surface area contributed by atoms with Crippen molar-refractivity contribution < 1.29 is 9.15 Å². The van der Waals surface area contributed by atoms with E-state index in [1.807, 2.05) is 19.9 Å². The number of anilines is 1. The quantitative estimate of drug-likeness (QED) is 0.915. The van der Waals surface area contributed by atoms with E-state index in [2.05, 4.69) is 41.0 Å². The van der Waals surface area contributed by atoms with Gasteiger partial charge in [-0.15, -0.1) is 0 Å². The molecule has 6 nitrogen and oxygen atoms in total. The van der Waals surface area contributed by atoms with E-state index in [0.29, 0.717) is 19.0 Å². The molecule has 0 bridgehead atoms. The summed E-state index contributed by atoms with van der Waals surface area (Å²) >= 11 is 0. The van der Waals surface area contributed by atoms with Gasteiger partial charge in [0.05, 0.1) is 24.5 Å². The molecule has 0 unspecified atom stereocenters. The number of methoxy groups -OCH3 is 1. The molecule has 2 rings (SSSR count). The number of rotatable bonds is 5. The molecule has 0 fully saturated rings. The molecule has 0 radical (unpaired) electrons. The Morgan fingerprint density at radius 3 is 2.45 bits per heavy atom. The third kappa shape index (κ3) is 4.04. The number of ether oxygens (including phenoxy) is 1. The zero-order valence-electron chi connectivity index (χ0n) is 14.1. The maximum Gasteiger partial charge on any atom is 0.213 e. The van der Waals surface area contributed by atoms with Gasteiger partial charge in [0.2, 0.25) is 5.89 Å². The number of hydrogen-bond acceptors (Lipinski definition) is 6. The summed E-state index contributed by atoms with van der Waals surface area (Å²) in [5, 5.41) is 3.25. The molecule has 0 saturated carbocycles. The highest BCUT2D eigenvalue weighted by Crippen LogP contribution is 2.21. The maximum atomic E-state index is 5.57. The topological polar surface area (TPSA) is 73.1 Å². The van der Waals surface area contributed by atoms with E-state index in [-0.39, 0.29) is 5.41 Å². The molecule has 0 aliphatic heterocycles. The van der Waals surface area contributed by atoms with Crippen LogP contribution in [0, 0.1) is 13.8 Å². The predicted octanol–water partition coefficient (Wildman–Crippen LogP) is 3.14. The Bertz CT molecular complexity index is 625. The summed E-state index contributed by atoms with van der Waals surface area (Å²) in [6, 6.07) is 1.89. The number of nitrogens with zero attached hydrogens (tertiary/aromatic N) is 3. The van der Waals surface area contributed by atoms with Crippen LogP contribution in [-0.2, 0) is 23.3 Å². The van der Waals surface area contributed by atoms with Gasteiger partial charge in [-0.25, -0.2) is 15.0 Å². The summed E-state index contributed by atoms with van der Waals surface area (Å²) in [4.78, 5) is 13.5. The number of oxazole rings is 1. The largest absolute Gasteiger partial charge is 0.444 e. The van der Waals surface area contributed by atoms with Crippen molar-refractivity contribution in [2.45, 2.75) is 53.2 Å². The van der Waals surface area contributed by atoms with Gasteiger partial charge in [0.1, 0.15) is 17.4 Å². The molecule has 0 aliphatic rings. The number of aromatic nitrogens is 3. The SMILES string of the molecule is COCc1cc(NCc2nc(C)c(C)o2)nc(C(C)(C)C)n1. The Morgan fingerprint density at radius 1 is 1.18 bits per heavy atom. The molecule has 2 aromatic heterocycles. The Kier molecular flexibility index (Phi) is 4.81. The second-order valence-corrected chi connectivity index (χ2v) is 6.35. The van der Waals surface area contributed by atoms with Crippen molar-refractivity contribution in [2.75, 3.05) is 12.4 Å². The van der Waals surface area contributed by atoms with Gasteiger partial charge in [-0.1, -0.05) is 20.8 Å². The van der Waals surface area contributed by atoms with Crippen molar-refractivity contribution in [1.82, 2.24) is 15.0 Å². The van der Waals surface area contributed by atoms with E-state index in [9.17, 15) is 0 Å². The van der Waals surface area contributed by atoms with Crippen LogP contribution in [0.15, 0.2) is 10.5 Å². The van der Waals surface area contributed by atoms with Crippen molar-refractivity contribution in [3.63, 3.8) is 0 Å². The summed E-state index contributed by atoms with van der Waals surface area (Å²) in [5.41, 5.74) is 1.63. The standard InChI is InChI=1S/C16H24N4O2/c1-10-11(2)22-14(18-10)8-17-13-7-12(9-21-6)19-15(20-13)16(3,4)5/h7H,8-9H2,1-6H3,(H,17,19,20). The Balaban J connectivity index is 2.20. The fourth-order valence-corrected chi connectivity index (χ4v) is 1.93.